The second-order valence-electron chi connectivity index (χ2n) is 10.4. The van der Waals surface area contributed by atoms with Gasteiger partial charge in [-0.25, -0.2) is 19.9 Å². The summed E-state index contributed by atoms with van der Waals surface area (Å²) in [6.45, 7) is 0. The lowest BCUT2D eigenvalue weighted by Gasteiger charge is -2.10. The molecule has 5 aromatic carbocycles. The molecule has 0 unspecified atom stereocenters. The van der Waals surface area contributed by atoms with Crippen LogP contribution in [-0.4, -0.2) is 24.5 Å². The van der Waals surface area contributed by atoms with Crippen molar-refractivity contribution in [3.63, 3.8) is 0 Å². The molecule has 43 heavy (non-hydrogen) atoms. The predicted molar refractivity (Wildman–Crippen MR) is 174 cm³/mol. The van der Waals surface area contributed by atoms with Crippen LogP contribution >= 0.6 is 0 Å². The molecule has 0 spiro atoms. The Morgan fingerprint density at radius 3 is 1.42 bits per heavy atom. The third-order valence-corrected chi connectivity index (χ3v) is 7.71. The molecule has 3 aromatic heterocycles. The fourth-order valence-corrected chi connectivity index (χ4v) is 5.63. The van der Waals surface area contributed by atoms with Crippen LogP contribution in [0.15, 0.2) is 152 Å². The van der Waals surface area contributed by atoms with Crippen LogP contribution in [0.5, 0.6) is 0 Å². The number of para-hydroxylation sites is 2. The van der Waals surface area contributed by atoms with Gasteiger partial charge in [0.15, 0.2) is 17.5 Å². The Bertz CT molecular complexity index is 2110. The van der Waals surface area contributed by atoms with Gasteiger partial charge in [-0.15, -0.1) is 0 Å². The molecule has 0 atom stereocenters. The van der Waals surface area contributed by atoms with E-state index in [-0.39, 0.29) is 0 Å². The number of hydrogen-bond acceptors (Lipinski definition) is 4. The van der Waals surface area contributed by atoms with Crippen molar-refractivity contribution in [3.8, 4) is 51.1 Å². The van der Waals surface area contributed by atoms with Crippen LogP contribution in [-0.2, 0) is 0 Å². The van der Waals surface area contributed by atoms with Gasteiger partial charge in [0.05, 0.1) is 11.0 Å². The van der Waals surface area contributed by atoms with Gasteiger partial charge in [-0.3, -0.25) is 4.57 Å². The summed E-state index contributed by atoms with van der Waals surface area (Å²) in [6.07, 6.45) is 1.94. The molecule has 0 aliphatic heterocycles. The lowest BCUT2D eigenvalue weighted by molar-refractivity contribution is 1.07. The number of hydrogen-bond donors (Lipinski definition) is 0. The van der Waals surface area contributed by atoms with Crippen molar-refractivity contribution in [3.05, 3.63) is 152 Å². The average Bonchev–Trinajstić information content (AvgIpc) is 3.43. The fraction of sp³-hybridized carbons (Fsp3) is 0. The van der Waals surface area contributed by atoms with E-state index in [2.05, 4.69) is 77.4 Å². The zero-order chi connectivity index (χ0) is 28.6. The monoisotopic (exact) mass is 551 g/mol. The van der Waals surface area contributed by atoms with E-state index in [1.807, 2.05) is 79.0 Å². The molecule has 0 aliphatic rings. The Labute approximate surface area is 248 Å². The highest BCUT2D eigenvalue weighted by molar-refractivity contribution is 6.09. The minimum Gasteiger partial charge on any atom is -0.294 e. The van der Waals surface area contributed by atoms with Crippen LogP contribution in [0.25, 0.3) is 72.9 Å². The highest BCUT2D eigenvalue weighted by atomic mass is 15.1. The van der Waals surface area contributed by atoms with Gasteiger partial charge >= 0.3 is 0 Å². The molecule has 0 radical (unpaired) electrons. The molecule has 0 N–H and O–H groups in total. The van der Waals surface area contributed by atoms with Gasteiger partial charge in [0.25, 0.3) is 0 Å². The third-order valence-electron chi connectivity index (χ3n) is 7.71. The molecule has 0 saturated carbocycles. The maximum Gasteiger partial charge on any atom is 0.164 e. The van der Waals surface area contributed by atoms with Crippen molar-refractivity contribution in [2.75, 3.05) is 0 Å². The van der Waals surface area contributed by atoms with E-state index in [4.69, 9.17) is 19.9 Å². The molecule has 0 aliphatic carbocycles. The van der Waals surface area contributed by atoms with Gasteiger partial charge in [-0.2, -0.15) is 0 Å². The summed E-state index contributed by atoms with van der Waals surface area (Å²) in [5, 5.41) is 2.44. The summed E-state index contributed by atoms with van der Waals surface area (Å²) in [7, 11) is 0. The van der Waals surface area contributed by atoms with Crippen LogP contribution in [0, 0.1) is 0 Å². The van der Waals surface area contributed by atoms with Gasteiger partial charge in [-0.1, -0.05) is 115 Å². The summed E-state index contributed by atoms with van der Waals surface area (Å²) in [5.74, 6) is 2.80. The Hall–Kier alpha value is -5.94. The van der Waals surface area contributed by atoms with Gasteiger partial charge < -0.3 is 0 Å². The molecular weight excluding hydrogens is 526 g/mol. The van der Waals surface area contributed by atoms with E-state index in [0.717, 1.165) is 44.7 Å². The summed E-state index contributed by atoms with van der Waals surface area (Å²) >= 11 is 0. The Balaban J connectivity index is 1.20. The maximum absolute atomic E-state index is 4.93. The van der Waals surface area contributed by atoms with Crippen LogP contribution in [0.4, 0.5) is 0 Å². The topological polar surface area (TPSA) is 56.5 Å². The van der Waals surface area contributed by atoms with Gasteiger partial charge in [-0.05, 0) is 35.9 Å². The molecule has 5 heteroatoms. The lowest BCUT2D eigenvalue weighted by Crippen LogP contribution is -2.00. The van der Waals surface area contributed by atoms with Crippen LogP contribution in [0.2, 0.25) is 0 Å². The third kappa shape index (κ3) is 4.53. The fourth-order valence-electron chi connectivity index (χ4n) is 5.63. The van der Waals surface area contributed by atoms with E-state index >= 15 is 0 Å². The average molecular weight is 552 g/mol. The standard InChI is InChI=1S/C38H25N5/c1-3-12-26(13-4-1)36-40-37(27-14-5-2-6-15-27)42-38(41-36)29-17-11-16-28(24-29)30-22-23-35(39-25-30)43-33-20-9-7-18-31(33)32-19-8-10-21-34(32)43/h1-25H. The van der Waals surface area contributed by atoms with E-state index < -0.39 is 0 Å². The Kier molecular flexibility index (Phi) is 6.05. The van der Waals surface area contributed by atoms with Gasteiger partial charge in [0.2, 0.25) is 0 Å². The number of pyridine rings is 1. The smallest absolute Gasteiger partial charge is 0.164 e. The normalized spacial score (nSPS) is 11.3. The first-order valence-corrected chi connectivity index (χ1v) is 14.2. The molecule has 8 aromatic rings. The molecule has 0 bridgehead atoms. The summed E-state index contributed by atoms with van der Waals surface area (Å²) in [6, 6.07) is 49.5. The number of fused-ring (bicyclic) bond motifs is 3. The molecular formula is C38H25N5. The lowest BCUT2D eigenvalue weighted by atomic mass is 10.0. The molecule has 8 rings (SSSR count). The maximum atomic E-state index is 4.93. The van der Waals surface area contributed by atoms with E-state index in [1.54, 1.807) is 0 Å². The van der Waals surface area contributed by atoms with Crippen molar-refractivity contribution in [2.24, 2.45) is 0 Å². The first-order valence-electron chi connectivity index (χ1n) is 14.2. The van der Waals surface area contributed by atoms with Gasteiger partial charge in [0, 0.05) is 39.2 Å². The zero-order valence-electron chi connectivity index (χ0n) is 23.2. The summed E-state index contributed by atoms with van der Waals surface area (Å²) in [4.78, 5) is 19.5. The molecule has 3 heterocycles. The van der Waals surface area contributed by atoms with E-state index in [1.165, 1.54) is 10.8 Å². The minimum atomic E-state index is 0.629. The summed E-state index contributed by atoms with van der Waals surface area (Å²) in [5.41, 5.74) is 7.16. The van der Waals surface area contributed by atoms with E-state index in [0.29, 0.717) is 17.5 Å². The summed E-state index contributed by atoms with van der Waals surface area (Å²) < 4.78 is 2.23. The molecule has 202 valence electrons. The van der Waals surface area contributed by atoms with Gasteiger partial charge in [0.1, 0.15) is 5.82 Å². The van der Waals surface area contributed by atoms with Crippen molar-refractivity contribution < 1.29 is 0 Å². The van der Waals surface area contributed by atoms with Crippen LogP contribution in [0.1, 0.15) is 0 Å². The zero-order valence-corrected chi connectivity index (χ0v) is 23.2. The molecule has 0 fully saturated rings. The van der Waals surface area contributed by atoms with Crippen LogP contribution < -0.4 is 0 Å². The quantitative estimate of drug-likeness (QED) is 0.214. The first kappa shape index (κ1) is 24.8. The molecule has 5 nitrogen and oxygen atoms in total. The van der Waals surface area contributed by atoms with Crippen molar-refractivity contribution in [1.29, 1.82) is 0 Å². The predicted octanol–water partition coefficient (Wildman–Crippen LogP) is 9.03. The number of nitrogens with zero attached hydrogens (tertiary/aromatic N) is 5. The van der Waals surface area contributed by atoms with Crippen LogP contribution in [0.3, 0.4) is 0 Å². The van der Waals surface area contributed by atoms with Crippen molar-refractivity contribution in [1.82, 2.24) is 24.5 Å². The Morgan fingerprint density at radius 2 is 0.860 bits per heavy atom. The SMILES string of the molecule is c1ccc(-c2nc(-c3ccccc3)nc(-c3cccc(-c4ccc(-n5c6ccccc6c6ccccc65)nc4)c3)n2)cc1. The highest BCUT2D eigenvalue weighted by Gasteiger charge is 2.14. The second-order valence-corrected chi connectivity index (χ2v) is 10.4. The minimum absolute atomic E-state index is 0.629. The number of aromatic nitrogens is 5. The first-order chi connectivity index (χ1) is 21.3. The molecule has 0 amide bonds. The van der Waals surface area contributed by atoms with E-state index in [9.17, 15) is 0 Å². The highest BCUT2D eigenvalue weighted by Crippen LogP contribution is 2.32. The number of rotatable bonds is 5. The number of benzene rings is 5. The Morgan fingerprint density at radius 1 is 0.372 bits per heavy atom. The van der Waals surface area contributed by atoms with Crippen molar-refractivity contribution >= 4 is 21.8 Å². The largest absolute Gasteiger partial charge is 0.294 e. The second kappa shape index (κ2) is 10.5. The van der Waals surface area contributed by atoms with Crippen molar-refractivity contribution in [2.45, 2.75) is 0 Å². The molecule has 0 saturated heterocycles.